The minimum absolute atomic E-state index is 0.0301. The Balaban J connectivity index is 3.08. The summed E-state index contributed by atoms with van der Waals surface area (Å²) in [6.45, 7) is -1.00. The lowest BCUT2D eigenvalue weighted by Gasteiger charge is -2.26. The molecule has 1 rings (SSSR count). The highest BCUT2D eigenvalue weighted by atomic mass is 32.1. The number of aliphatic hydroxyl groups excluding tert-OH is 2. The molecule has 25 heteroatoms. The maximum Gasteiger partial charge on any atom is 0.326 e. The molecule has 20 N–H and O–H groups in total. The molecule has 58 heavy (non-hydrogen) atoms. The summed E-state index contributed by atoms with van der Waals surface area (Å²) in [5, 5.41) is 43.9. The molecule has 0 saturated carbocycles. The number of hydrogen-bond donors (Lipinski definition) is 16. The van der Waals surface area contributed by atoms with Crippen LogP contribution in [0.25, 0.3) is 0 Å². The van der Waals surface area contributed by atoms with Crippen LogP contribution >= 0.6 is 12.6 Å². The van der Waals surface area contributed by atoms with Crippen molar-refractivity contribution in [3.05, 3.63) is 18.2 Å². The molecule has 24 nitrogen and oxygen atoms in total. The number of H-pyrrole nitrogens is 1. The molecule has 0 spiro atoms. The number of thiol groups is 1. The zero-order valence-electron chi connectivity index (χ0n) is 32.2. The highest BCUT2D eigenvalue weighted by molar-refractivity contribution is 7.80. The van der Waals surface area contributed by atoms with Gasteiger partial charge in [0.05, 0.1) is 25.6 Å². The first-order chi connectivity index (χ1) is 27.6. The third-order valence-corrected chi connectivity index (χ3v) is 8.87. The van der Waals surface area contributed by atoms with Crippen molar-refractivity contribution in [2.45, 2.75) is 100 Å². The number of aliphatic hydroxyl groups is 2. The molecule has 0 fully saturated rings. The standard InChI is InChI=1S/C33H60N14O10S/c34-9-3-1-6-19(36)26(50)45-23(14-48)30(54)44-22(12-18-13-39-17-41-18)28(52)47-25(16-58)31(55)46-24(15-49)29(53)42-20(7-2-4-10-35)27(51)43-21(32(56)57)8-5-11-40-33(37)38/h13,17,19-25,48-49,58H,1-12,14-16,34-36H2,(H,39,41)(H,42,53)(H,43,51)(H,44,54)(H,45,50)(H,46,55)(H,47,52)(H,56,57)(H4,37,38,40)/t19-,20-,21-,22-,23-,24-,25-/m0/s1. The number of nitrogens with one attached hydrogen (secondary N) is 7. The average molecular weight is 845 g/mol. The topological polar surface area (TPSA) is 423 Å². The fourth-order valence-corrected chi connectivity index (χ4v) is 5.47. The van der Waals surface area contributed by atoms with Gasteiger partial charge in [0, 0.05) is 30.6 Å². The Morgan fingerprint density at radius 2 is 1.14 bits per heavy atom. The lowest BCUT2D eigenvalue weighted by atomic mass is 10.1. The third kappa shape index (κ3) is 19.4. The van der Waals surface area contributed by atoms with Crippen LogP contribution in [0.4, 0.5) is 0 Å². The van der Waals surface area contributed by atoms with E-state index in [0.29, 0.717) is 37.9 Å². The summed E-state index contributed by atoms with van der Waals surface area (Å²) < 4.78 is 0. The van der Waals surface area contributed by atoms with Gasteiger partial charge in [-0.2, -0.15) is 12.6 Å². The van der Waals surface area contributed by atoms with Crippen LogP contribution in [0.3, 0.4) is 0 Å². The molecule has 1 heterocycles. The minimum atomic E-state index is -1.65. The van der Waals surface area contributed by atoms with Crippen LogP contribution in [-0.2, 0) is 40.0 Å². The summed E-state index contributed by atoms with van der Waals surface area (Å²) in [6.07, 6.45) is 5.01. The van der Waals surface area contributed by atoms with Gasteiger partial charge in [0.2, 0.25) is 35.4 Å². The van der Waals surface area contributed by atoms with Crippen LogP contribution in [0.5, 0.6) is 0 Å². The molecule has 1 aromatic heterocycles. The molecular formula is C33H60N14O10S. The van der Waals surface area contributed by atoms with Gasteiger partial charge in [-0.1, -0.05) is 6.42 Å². The smallest absolute Gasteiger partial charge is 0.326 e. The van der Waals surface area contributed by atoms with Gasteiger partial charge in [0.25, 0.3) is 0 Å². The van der Waals surface area contributed by atoms with E-state index in [1.807, 2.05) is 0 Å². The number of rotatable bonds is 30. The number of aliphatic carboxylic acids is 1. The maximum atomic E-state index is 13.6. The molecule has 0 radical (unpaired) electrons. The van der Waals surface area contributed by atoms with Crippen molar-refractivity contribution in [2.75, 3.05) is 38.6 Å². The van der Waals surface area contributed by atoms with E-state index in [1.54, 1.807) is 0 Å². The lowest BCUT2D eigenvalue weighted by molar-refractivity contribution is -0.142. The first-order valence-corrected chi connectivity index (χ1v) is 19.3. The molecule has 0 saturated heterocycles. The van der Waals surface area contributed by atoms with Crippen LogP contribution < -0.4 is 60.6 Å². The summed E-state index contributed by atoms with van der Waals surface area (Å²) >= 11 is 4.14. The Labute approximate surface area is 340 Å². The van der Waals surface area contributed by atoms with Crippen molar-refractivity contribution in [2.24, 2.45) is 33.7 Å². The second kappa shape index (κ2) is 28.3. The first kappa shape index (κ1) is 50.9. The number of guanidine groups is 1. The third-order valence-electron chi connectivity index (χ3n) is 8.50. The van der Waals surface area contributed by atoms with E-state index in [-0.39, 0.29) is 56.9 Å². The number of imidazole rings is 1. The van der Waals surface area contributed by atoms with Gasteiger partial charge >= 0.3 is 5.97 Å². The molecule has 7 atom stereocenters. The number of aromatic amines is 1. The number of carbonyl (C=O) groups is 7. The molecule has 1 aromatic rings. The molecular weight excluding hydrogens is 785 g/mol. The van der Waals surface area contributed by atoms with E-state index >= 15 is 0 Å². The van der Waals surface area contributed by atoms with Crippen molar-refractivity contribution in [3.63, 3.8) is 0 Å². The van der Waals surface area contributed by atoms with Gasteiger partial charge in [-0.15, -0.1) is 0 Å². The fraction of sp³-hybridized carbons (Fsp3) is 0.667. The van der Waals surface area contributed by atoms with Crippen molar-refractivity contribution in [3.8, 4) is 0 Å². The lowest BCUT2D eigenvalue weighted by Crippen LogP contribution is -2.61. The van der Waals surface area contributed by atoms with Crippen LogP contribution in [-0.4, -0.2) is 154 Å². The van der Waals surface area contributed by atoms with Crippen LogP contribution in [0.1, 0.15) is 57.1 Å². The Morgan fingerprint density at radius 1 is 0.672 bits per heavy atom. The van der Waals surface area contributed by atoms with E-state index in [1.165, 1.54) is 12.5 Å². The van der Waals surface area contributed by atoms with Crippen LogP contribution in [0.2, 0.25) is 0 Å². The monoisotopic (exact) mass is 844 g/mol. The van der Waals surface area contributed by atoms with E-state index in [2.05, 4.69) is 59.5 Å². The highest BCUT2D eigenvalue weighted by Gasteiger charge is 2.33. The number of amides is 6. The van der Waals surface area contributed by atoms with E-state index < -0.39 is 96.9 Å². The molecule has 0 aliphatic heterocycles. The number of hydrogen-bond acceptors (Lipinski definition) is 15. The van der Waals surface area contributed by atoms with Gasteiger partial charge in [-0.3, -0.25) is 33.8 Å². The predicted molar refractivity (Wildman–Crippen MR) is 213 cm³/mol. The fourth-order valence-electron chi connectivity index (χ4n) is 5.21. The number of carbonyl (C=O) groups excluding carboxylic acids is 6. The molecule has 0 aliphatic carbocycles. The quantitative estimate of drug-likeness (QED) is 0.0148. The Kier molecular flexibility index (Phi) is 24.9. The van der Waals surface area contributed by atoms with E-state index in [4.69, 9.17) is 28.7 Å². The van der Waals surface area contributed by atoms with Crippen molar-refractivity contribution in [1.29, 1.82) is 0 Å². The zero-order chi connectivity index (χ0) is 43.6. The summed E-state index contributed by atoms with van der Waals surface area (Å²) in [4.78, 5) is 101. The molecule has 0 bridgehead atoms. The number of nitrogens with zero attached hydrogens (tertiary/aromatic N) is 2. The molecule has 6 amide bonds. The normalized spacial score (nSPS) is 14.6. The maximum absolute atomic E-state index is 13.6. The Hall–Kier alpha value is -5.08. The van der Waals surface area contributed by atoms with Crippen molar-refractivity contribution >= 4 is 60.0 Å². The highest BCUT2D eigenvalue weighted by Crippen LogP contribution is 2.07. The Bertz CT molecular complexity index is 1480. The number of unbranched alkanes of at least 4 members (excludes halogenated alkanes) is 2. The van der Waals surface area contributed by atoms with E-state index in [9.17, 15) is 48.9 Å². The number of nitrogens with two attached hydrogens (primary N) is 5. The summed E-state index contributed by atoms with van der Waals surface area (Å²) in [7, 11) is 0. The number of aliphatic imine (C=N–C) groups is 1. The SMILES string of the molecule is NCCCC[C@H](NC(=O)[C@H](CO)NC(=O)[C@H](CS)NC(=O)[C@H](Cc1cnc[nH]1)NC(=O)[C@H](CO)NC(=O)[C@@H](N)CCCCN)C(=O)N[C@@H](CCCN=C(N)N)C(=O)O. The Morgan fingerprint density at radius 3 is 1.66 bits per heavy atom. The summed E-state index contributed by atoms with van der Waals surface area (Å²) in [6, 6.07) is -9.63. The van der Waals surface area contributed by atoms with Gasteiger partial charge < -0.3 is 80.9 Å². The van der Waals surface area contributed by atoms with Gasteiger partial charge in [0.15, 0.2) is 5.96 Å². The minimum Gasteiger partial charge on any atom is -0.480 e. The largest absolute Gasteiger partial charge is 0.480 e. The number of aromatic nitrogens is 2. The van der Waals surface area contributed by atoms with Gasteiger partial charge in [0.1, 0.15) is 36.3 Å². The predicted octanol–water partition coefficient (Wildman–Crippen LogP) is -6.50. The van der Waals surface area contributed by atoms with Gasteiger partial charge in [-0.05, 0) is 58.0 Å². The summed E-state index contributed by atoms with van der Waals surface area (Å²) in [5.41, 5.74) is 27.9. The van der Waals surface area contributed by atoms with Crippen LogP contribution in [0, 0.1) is 0 Å². The van der Waals surface area contributed by atoms with Gasteiger partial charge in [-0.25, -0.2) is 9.78 Å². The second-order valence-corrected chi connectivity index (χ2v) is 13.5. The second-order valence-electron chi connectivity index (χ2n) is 13.2. The molecule has 328 valence electrons. The first-order valence-electron chi connectivity index (χ1n) is 18.7. The molecule has 0 aliphatic rings. The number of carboxylic acid groups (broad SMARTS) is 1. The van der Waals surface area contributed by atoms with Crippen molar-refractivity contribution < 1.29 is 48.9 Å². The van der Waals surface area contributed by atoms with E-state index in [0.717, 1.165) is 0 Å². The van der Waals surface area contributed by atoms with Crippen LogP contribution in [0.15, 0.2) is 17.5 Å². The summed E-state index contributed by atoms with van der Waals surface area (Å²) in [5.74, 6) is -7.25. The molecule has 0 aromatic carbocycles. The molecule has 0 unspecified atom stereocenters. The zero-order valence-corrected chi connectivity index (χ0v) is 33.1. The van der Waals surface area contributed by atoms with Crippen molar-refractivity contribution in [1.82, 2.24) is 41.9 Å². The number of carboxylic acids is 1. The average Bonchev–Trinajstić information content (AvgIpc) is 3.71.